The maximum atomic E-state index is 7.33. The summed E-state index contributed by atoms with van der Waals surface area (Å²) in [4.78, 5) is 29.3. The van der Waals surface area contributed by atoms with E-state index in [2.05, 4.69) is 0 Å². The van der Waals surface area contributed by atoms with Gasteiger partial charge in [0.05, 0.1) is 0 Å². The van der Waals surface area contributed by atoms with E-state index in [-0.39, 0.29) is 25.9 Å². The Balaban J connectivity index is -0.0000000221. The summed E-state index contributed by atoms with van der Waals surface area (Å²) in [6.07, 6.45) is 0. The minimum absolute atomic E-state index is 0. The van der Waals surface area contributed by atoms with Crippen molar-refractivity contribution in [1.29, 1.82) is 0 Å². The number of hydrogen-bond acceptors (Lipinski definition) is 7. The molecule has 0 spiro atoms. The Morgan fingerprint density at radius 1 is 0.900 bits per heavy atom. The van der Waals surface area contributed by atoms with Gasteiger partial charge in [-0.3, -0.25) is 0 Å². The number of hydrogen-bond donors (Lipinski definition) is 7. The molecule has 0 atom stereocenters. The van der Waals surface area contributed by atoms with Crippen molar-refractivity contribution in [1.82, 2.24) is 0 Å². The fraction of sp³-hybridized carbons (Fsp3) is 0. The van der Waals surface area contributed by atoms with Gasteiger partial charge in [-0.2, -0.15) is 0 Å². The third-order valence-corrected chi connectivity index (χ3v) is 0. The van der Waals surface area contributed by atoms with Gasteiger partial charge < -0.3 is 37.1 Å². The first-order valence-electron chi connectivity index (χ1n) is 1.67. The molecular formula is H9BMgO7Si. The minimum atomic E-state index is -4.61. The van der Waals surface area contributed by atoms with Crippen LogP contribution in [0.3, 0.4) is 0 Å². The molecule has 0 rings (SSSR count). The molecule has 0 aromatic heterocycles. The van der Waals surface area contributed by atoms with Crippen molar-refractivity contribution in [2.75, 3.05) is 0 Å². The third kappa shape index (κ3) is 897. The zero-order valence-electron chi connectivity index (χ0n) is 6.91. The van der Waals surface area contributed by atoms with E-state index in [0.717, 1.165) is 0 Å². The van der Waals surface area contributed by atoms with Crippen LogP contribution < -0.4 is 0 Å². The Morgan fingerprint density at radius 3 is 0.900 bits per heavy atom. The van der Waals surface area contributed by atoms with Gasteiger partial charge in [-0.05, 0) is 0 Å². The van der Waals surface area contributed by atoms with E-state index < -0.39 is 16.4 Å². The van der Waals surface area contributed by atoms with Crippen LogP contribution in [0.1, 0.15) is 2.85 Å². The van der Waals surface area contributed by atoms with Crippen LogP contribution >= 0.6 is 0 Å². The summed E-state index contributed by atoms with van der Waals surface area (Å²) < 4.78 is 0. The molecule has 0 unspecified atom stereocenters. The van der Waals surface area contributed by atoms with Crippen LogP contribution in [0.25, 0.3) is 0 Å². The predicted molar refractivity (Wildman–Crippen MR) is 35.0 cm³/mol. The second-order valence-corrected chi connectivity index (χ2v) is 2.15. The first-order valence-corrected chi connectivity index (χ1v) is 3.46. The molecule has 0 aromatic carbocycles. The SMILES string of the molecule is OB(O)O.O[Si](O)(O)O.[H-].[H-].[Mg+2]. The Kier molecular flexibility index (Phi) is 13.4. The maximum absolute atomic E-state index is 7.33. The van der Waals surface area contributed by atoms with Crippen molar-refractivity contribution in [3.63, 3.8) is 0 Å². The Bertz CT molecular complexity index is 58.2. The fourth-order valence-electron chi connectivity index (χ4n) is 0. The van der Waals surface area contributed by atoms with Gasteiger partial charge in [-0.25, -0.2) is 0 Å². The summed E-state index contributed by atoms with van der Waals surface area (Å²) in [5, 5.41) is 21.5. The fourth-order valence-corrected chi connectivity index (χ4v) is 0. The molecule has 0 bridgehead atoms. The van der Waals surface area contributed by atoms with Crippen LogP contribution in [0.5, 0.6) is 0 Å². The molecule has 0 aliphatic carbocycles. The molecule has 0 aliphatic rings. The van der Waals surface area contributed by atoms with Crippen LogP contribution in [0.15, 0.2) is 0 Å². The second kappa shape index (κ2) is 7.87. The van der Waals surface area contributed by atoms with Crippen LogP contribution in [0.2, 0.25) is 0 Å². The van der Waals surface area contributed by atoms with Crippen molar-refractivity contribution in [2.45, 2.75) is 0 Å². The summed E-state index contributed by atoms with van der Waals surface area (Å²) in [7, 11) is -6.78. The van der Waals surface area contributed by atoms with Gasteiger partial charge in [0.2, 0.25) is 0 Å². The van der Waals surface area contributed by atoms with E-state index in [1.165, 1.54) is 0 Å². The van der Waals surface area contributed by atoms with E-state index in [9.17, 15) is 0 Å². The number of rotatable bonds is 0. The van der Waals surface area contributed by atoms with Crippen LogP contribution in [0, 0.1) is 0 Å². The molecule has 0 saturated heterocycles. The quantitative estimate of drug-likeness (QED) is 0.187. The molecule has 60 valence electrons. The zero-order valence-corrected chi connectivity index (χ0v) is 7.33. The van der Waals surface area contributed by atoms with Crippen molar-refractivity contribution in [3.05, 3.63) is 0 Å². The molecular weight excluding hydrogens is 175 g/mol. The zero-order chi connectivity index (χ0) is 8.08. The van der Waals surface area contributed by atoms with Gasteiger partial charge in [-0.15, -0.1) is 0 Å². The Morgan fingerprint density at radius 2 is 0.900 bits per heavy atom. The smallest absolute Gasteiger partial charge is 1.00 e. The summed E-state index contributed by atoms with van der Waals surface area (Å²) >= 11 is 0. The maximum Gasteiger partial charge on any atom is 2.00 e. The van der Waals surface area contributed by atoms with Crippen molar-refractivity contribution < 1.29 is 37.1 Å². The predicted octanol–water partition coefficient (Wildman–Crippen LogP) is -4.82. The van der Waals surface area contributed by atoms with Crippen molar-refractivity contribution in [3.8, 4) is 0 Å². The Hall–Kier alpha value is 0.768. The molecule has 7 nitrogen and oxygen atoms in total. The van der Waals surface area contributed by atoms with Gasteiger partial charge in [0.25, 0.3) is 0 Å². The molecule has 0 saturated carbocycles. The van der Waals surface area contributed by atoms with Crippen LogP contribution in [-0.2, 0) is 0 Å². The normalized spacial score (nSPS) is 8.70. The van der Waals surface area contributed by atoms with Gasteiger partial charge in [0.1, 0.15) is 0 Å². The molecule has 0 radical (unpaired) electrons. The van der Waals surface area contributed by atoms with Gasteiger partial charge >= 0.3 is 39.4 Å². The molecule has 0 aromatic rings. The van der Waals surface area contributed by atoms with E-state index in [4.69, 9.17) is 34.3 Å². The summed E-state index contributed by atoms with van der Waals surface area (Å²) in [5.74, 6) is 0. The average Bonchev–Trinajstić information content (AvgIpc) is 1.19. The van der Waals surface area contributed by atoms with Crippen LogP contribution in [0.4, 0.5) is 0 Å². The van der Waals surface area contributed by atoms with Gasteiger partial charge in [-0.1, -0.05) is 0 Å². The summed E-state index contributed by atoms with van der Waals surface area (Å²) in [6.45, 7) is 0. The summed E-state index contributed by atoms with van der Waals surface area (Å²) in [5.41, 5.74) is 0. The Labute approximate surface area is 77.0 Å². The molecule has 0 fully saturated rings. The van der Waals surface area contributed by atoms with Crippen molar-refractivity contribution >= 4 is 39.4 Å². The first-order chi connectivity index (χ1) is 3.73. The van der Waals surface area contributed by atoms with E-state index >= 15 is 0 Å². The molecule has 0 amide bonds. The molecule has 7 N–H and O–H groups in total. The molecule has 10 heavy (non-hydrogen) atoms. The second-order valence-electron chi connectivity index (χ2n) is 0.946. The molecule has 0 aliphatic heterocycles. The largest absolute Gasteiger partial charge is 2.00 e. The van der Waals surface area contributed by atoms with Gasteiger partial charge in [0, 0.05) is 0 Å². The summed E-state index contributed by atoms with van der Waals surface area (Å²) in [6, 6.07) is 0. The standard InChI is InChI=1S/BH3O3.Mg.H4O4Si.2H/c2-1(3)4;;1-5(2,3)4;;/h2-4H;;1-4H;;/q;+2;;2*-1. The average molecular weight is 184 g/mol. The van der Waals surface area contributed by atoms with Crippen LogP contribution in [-0.4, -0.2) is 73.7 Å². The van der Waals surface area contributed by atoms with E-state index in [1.807, 2.05) is 0 Å². The monoisotopic (exact) mass is 184 g/mol. The molecule has 0 heterocycles. The van der Waals surface area contributed by atoms with E-state index in [1.54, 1.807) is 0 Å². The van der Waals surface area contributed by atoms with E-state index in [0.29, 0.717) is 0 Å². The van der Waals surface area contributed by atoms with Gasteiger partial charge in [0.15, 0.2) is 0 Å². The topological polar surface area (TPSA) is 142 Å². The molecule has 10 heteroatoms. The van der Waals surface area contributed by atoms with Crippen molar-refractivity contribution in [2.24, 2.45) is 0 Å². The third-order valence-electron chi connectivity index (χ3n) is 0. The first kappa shape index (κ1) is 17.0. The minimum Gasteiger partial charge on any atom is -1.00 e.